The van der Waals surface area contributed by atoms with Crippen molar-refractivity contribution in [3.63, 3.8) is 0 Å². The molecule has 0 saturated carbocycles. The van der Waals surface area contributed by atoms with E-state index in [-0.39, 0.29) is 18.2 Å². The number of carbonyl (C=O) groups excluding carboxylic acids is 1. The summed E-state index contributed by atoms with van der Waals surface area (Å²) >= 11 is 1.58. The minimum atomic E-state index is -3.26. The molecular weight excluding hydrogens is 406 g/mol. The van der Waals surface area contributed by atoms with Crippen molar-refractivity contribution in [2.45, 2.75) is 59.0 Å². The minimum Gasteiger partial charge on any atom is -0.333 e. The number of amides is 1. The van der Waals surface area contributed by atoms with Gasteiger partial charge < -0.3 is 4.90 Å². The number of rotatable bonds is 5. The molecule has 2 aromatic heterocycles. The van der Waals surface area contributed by atoms with E-state index in [0.29, 0.717) is 13.1 Å². The van der Waals surface area contributed by atoms with Gasteiger partial charge in [-0.15, -0.1) is 11.3 Å². The largest absolute Gasteiger partial charge is 0.333 e. The van der Waals surface area contributed by atoms with Crippen LogP contribution in [-0.4, -0.2) is 36.5 Å². The highest BCUT2D eigenvalue weighted by atomic mass is 32.2. The molecule has 8 heteroatoms. The Labute approximate surface area is 176 Å². The van der Waals surface area contributed by atoms with Crippen molar-refractivity contribution in [2.24, 2.45) is 0 Å². The molecule has 2 aliphatic rings. The second kappa shape index (κ2) is 8.16. The molecule has 0 atom stereocenters. The lowest BCUT2D eigenvalue weighted by Gasteiger charge is -2.30. The quantitative estimate of drug-likeness (QED) is 0.786. The van der Waals surface area contributed by atoms with Gasteiger partial charge in [0.25, 0.3) is 5.91 Å². The molecule has 6 nitrogen and oxygen atoms in total. The molecular formula is C21H27N3O3S2. The zero-order valence-corrected chi connectivity index (χ0v) is 18.6. The van der Waals surface area contributed by atoms with E-state index in [1.54, 1.807) is 18.3 Å². The molecule has 0 spiro atoms. The maximum Gasteiger partial charge on any atom is 0.264 e. The zero-order chi connectivity index (χ0) is 20.6. The van der Waals surface area contributed by atoms with Gasteiger partial charge in [0.1, 0.15) is 0 Å². The van der Waals surface area contributed by atoms with E-state index in [4.69, 9.17) is 0 Å². The van der Waals surface area contributed by atoms with Crippen LogP contribution >= 0.6 is 11.3 Å². The Hall–Kier alpha value is -1.77. The predicted molar refractivity (Wildman–Crippen MR) is 115 cm³/mol. The summed E-state index contributed by atoms with van der Waals surface area (Å²) in [6.45, 7) is 4.97. The number of nitrogens with one attached hydrogen (secondary N) is 1. The van der Waals surface area contributed by atoms with E-state index in [0.717, 1.165) is 52.9 Å². The SMILES string of the molecule is CCS(=O)(=O)NCc1c(C)ncc2c1CCN(C(=O)c1scc3c1CCCC3)C2. The van der Waals surface area contributed by atoms with Crippen LogP contribution in [0.5, 0.6) is 0 Å². The van der Waals surface area contributed by atoms with E-state index in [2.05, 4.69) is 15.1 Å². The van der Waals surface area contributed by atoms with Gasteiger partial charge in [0.2, 0.25) is 10.0 Å². The van der Waals surface area contributed by atoms with Gasteiger partial charge in [0, 0.05) is 31.5 Å². The van der Waals surface area contributed by atoms with Crippen molar-refractivity contribution in [3.05, 3.63) is 50.0 Å². The summed E-state index contributed by atoms with van der Waals surface area (Å²) in [6, 6.07) is 0. The molecule has 3 heterocycles. The van der Waals surface area contributed by atoms with Crippen LogP contribution in [-0.2, 0) is 42.4 Å². The summed E-state index contributed by atoms with van der Waals surface area (Å²) in [5.74, 6) is 0.180. The first kappa shape index (κ1) is 20.5. The van der Waals surface area contributed by atoms with Crippen molar-refractivity contribution >= 4 is 27.3 Å². The molecule has 0 radical (unpaired) electrons. The fourth-order valence-electron chi connectivity index (χ4n) is 4.26. The molecule has 1 aliphatic heterocycles. The Kier molecular flexibility index (Phi) is 5.77. The first-order valence-corrected chi connectivity index (χ1v) is 12.7. The number of thiophene rings is 1. The van der Waals surface area contributed by atoms with Crippen molar-refractivity contribution in [2.75, 3.05) is 12.3 Å². The maximum atomic E-state index is 13.2. The Morgan fingerprint density at radius 2 is 2.00 bits per heavy atom. The number of aromatic nitrogens is 1. The smallest absolute Gasteiger partial charge is 0.264 e. The molecule has 4 rings (SSSR count). The molecule has 156 valence electrons. The van der Waals surface area contributed by atoms with Crippen LogP contribution in [0.2, 0.25) is 0 Å². The van der Waals surface area contributed by atoms with Crippen molar-refractivity contribution in [1.82, 2.24) is 14.6 Å². The summed E-state index contributed by atoms with van der Waals surface area (Å²) in [7, 11) is -3.26. The highest BCUT2D eigenvalue weighted by Gasteiger charge is 2.28. The molecule has 0 bridgehead atoms. The molecule has 0 unspecified atom stereocenters. The Morgan fingerprint density at radius 3 is 2.79 bits per heavy atom. The molecule has 0 saturated heterocycles. The van der Waals surface area contributed by atoms with Gasteiger partial charge in [-0.1, -0.05) is 0 Å². The monoisotopic (exact) mass is 433 g/mol. The Bertz CT molecular complexity index is 1040. The number of carbonyl (C=O) groups is 1. The van der Waals surface area contributed by atoms with Gasteiger partial charge in [-0.2, -0.15) is 0 Å². The third kappa shape index (κ3) is 4.11. The number of aryl methyl sites for hydroxylation is 2. The number of fused-ring (bicyclic) bond motifs is 2. The van der Waals surface area contributed by atoms with Crippen LogP contribution in [0.15, 0.2) is 11.6 Å². The first-order chi connectivity index (χ1) is 13.9. The molecule has 0 fully saturated rings. The van der Waals surface area contributed by atoms with Crippen LogP contribution in [0.1, 0.15) is 62.9 Å². The first-order valence-electron chi connectivity index (χ1n) is 10.2. The lowest BCUT2D eigenvalue weighted by Crippen LogP contribution is -2.37. The molecule has 0 aromatic carbocycles. The second-order valence-electron chi connectivity index (χ2n) is 7.80. The number of sulfonamides is 1. The van der Waals surface area contributed by atoms with Crippen LogP contribution in [0.3, 0.4) is 0 Å². The molecule has 1 aliphatic carbocycles. The number of nitrogens with zero attached hydrogens (tertiary/aromatic N) is 2. The molecule has 1 N–H and O–H groups in total. The van der Waals surface area contributed by atoms with Crippen molar-refractivity contribution < 1.29 is 13.2 Å². The summed E-state index contributed by atoms with van der Waals surface area (Å²) in [5.41, 5.74) is 6.55. The number of pyridine rings is 1. The fraction of sp³-hybridized carbons (Fsp3) is 0.524. The molecule has 1 amide bonds. The van der Waals surface area contributed by atoms with E-state index in [1.165, 1.54) is 17.5 Å². The number of hydrogen-bond acceptors (Lipinski definition) is 5. The van der Waals surface area contributed by atoms with Gasteiger partial charge in [0.15, 0.2) is 0 Å². The third-order valence-corrected chi connectivity index (χ3v) is 8.43. The summed E-state index contributed by atoms with van der Waals surface area (Å²) < 4.78 is 26.4. The minimum absolute atomic E-state index is 0.0575. The number of hydrogen-bond donors (Lipinski definition) is 1. The van der Waals surface area contributed by atoms with Crippen molar-refractivity contribution in [3.8, 4) is 0 Å². The maximum absolute atomic E-state index is 13.2. The van der Waals surface area contributed by atoms with Crippen LogP contribution in [0, 0.1) is 6.92 Å². The molecule has 29 heavy (non-hydrogen) atoms. The van der Waals surface area contributed by atoms with Crippen molar-refractivity contribution in [1.29, 1.82) is 0 Å². The molecule has 2 aromatic rings. The highest BCUT2D eigenvalue weighted by Crippen LogP contribution is 2.32. The standard InChI is InChI=1S/C21H27N3O3S2/c1-3-29(26,27)23-11-19-14(2)22-10-16-12-24(9-8-17(16)19)21(25)20-18-7-5-4-6-15(18)13-28-20/h10,13,23H,3-9,11-12H2,1-2H3. The lowest BCUT2D eigenvalue weighted by molar-refractivity contribution is 0.0738. The highest BCUT2D eigenvalue weighted by molar-refractivity contribution is 7.89. The summed E-state index contributed by atoms with van der Waals surface area (Å²) in [4.78, 5) is 20.5. The normalized spacial score (nSPS) is 16.4. The zero-order valence-electron chi connectivity index (χ0n) is 17.0. The van der Waals surface area contributed by atoms with E-state index in [9.17, 15) is 13.2 Å². The van der Waals surface area contributed by atoms with Crippen LogP contribution in [0.25, 0.3) is 0 Å². The van der Waals surface area contributed by atoms with E-state index < -0.39 is 10.0 Å². The fourth-order valence-corrected chi connectivity index (χ4v) is 5.95. The summed E-state index contributed by atoms with van der Waals surface area (Å²) in [5, 5.41) is 2.16. The Morgan fingerprint density at radius 1 is 1.21 bits per heavy atom. The van der Waals surface area contributed by atoms with Gasteiger partial charge in [-0.05, 0) is 79.1 Å². The van der Waals surface area contributed by atoms with E-state index in [1.807, 2.05) is 18.0 Å². The van der Waals surface area contributed by atoms with Gasteiger partial charge in [-0.25, -0.2) is 13.1 Å². The van der Waals surface area contributed by atoms with E-state index >= 15 is 0 Å². The summed E-state index contributed by atoms with van der Waals surface area (Å²) in [6.07, 6.45) is 7.03. The van der Waals surface area contributed by atoms with Crippen LogP contribution < -0.4 is 4.72 Å². The Balaban J connectivity index is 1.55. The average molecular weight is 434 g/mol. The lowest BCUT2D eigenvalue weighted by atomic mass is 9.92. The van der Waals surface area contributed by atoms with Gasteiger partial charge in [-0.3, -0.25) is 9.78 Å². The van der Waals surface area contributed by atoms with Gasteiger partial charge in [0.05, 0.1) is 10.6 Å². The average Bonchev–Trinajstić information content (AvgIpc) is 3.16. The topological polar surface area (TPSA) is 79.4 Å². The second-order valence-corrected chi connectivity index (χ2v) is 10.8. The predicted octanol–water partition coefficient (Wildman–Crippen LogP) is 2.97. The van der Waals surface area contributed by atoms with Crippen LogP contribution in [0.4, 0.5) is 0 Å². The third-order valence-electron chi connectivity index (χ3n) is 6.03. The van der Waals surface area contributed by atoms with Gasteiger partial charge >= 0.3 is 0 Å².